The Balaban J connectivity index is 0.945. The predicted octanol–water partition coefficient (Wildman–Crippen LogP) is 15.7. The highest BCUT2D eigenvalue weighted by atomic mass is 19.2. The Kier molecular flexibility index (Phi) is 22.7. The number of hydrogen-bond acceptors (Lipinski definition) is 7. The van der Waals surface area contributed by atoms with E-state index in [0.717, 1.165) is 68.6 Å². The second-order valence-electron chi connectivity index (χ2n) is 22.9. The van der Waals surface area contributed by atoms with Gasteiger partial charge in [0.1, 0.15) is 30.8 Å². The highest BCUT2D eigenvalue weighted by molar-refractivity contribution is 5.92. The van der Waals surface area contributed by atoms with Crippen LogP contribution in [0, 0.1) is 63.7 Å². The Morgan fingerprint density at radius 2 is 1.32 bits per heavy atom. The molecule has 6 rings (SSSR count). The van der Waals surface area contributed by atoms with Gasteiger partial charge in [-0.1, -0.05) is 143 Å². The van der Waals surface area contributed by atoms with Crippen LogP contribution in [0.3, 0.4) is 0 Å². The number of allylic oxidation sites excluding steroid dienone is 1. The number of unbranched alkanes of at least 4 members (excludes halogenated alkanes) is 13. The van der Waals surface area contributed by atoms with Crippen molar-refractivity contribution < 1.29 is 50.9 Å². The number of fused-ring (bicyclic) bond motifs is 5. The number of halogens is 4. The topological polar surface area (TPSA) is 112 Å². The van der Waals surface area contributed by atoms with Gasteiger partial charge in [0.25, 0.3) is 0 Å². The molecule has 0 saturated heterocycles. The Labute approximate surface area is 434 Å². The molecule has 2 N–H and O–H groups in total. The molecule has 3 fully saturated rings. The predicted molar refractivity (Wildman–Crippen MR) is 279 cm³/mol. The number of alkyl carbamates (subject to hydrolysis) is 1. The molecule has 0 aromatic heterocycles. The molecule has 4 aliphatic carbocycles. The van der Waals surface area contributed by atoms with E-state index in [4.69, 9.17) is 18.9 Å². The van der Waals surface area contributed by atoms with Gasteiger partial charge < -0.3 is 29.6 Å². The normalized spacial score (nSPS) is 24.2. The van der Waals surface area contributed by atoms with Crippen LogP contribution >= 0.6 is 0 Å². The fourth-order valence-electron chi connectivity index (χ4n) is 13.2. The molecule has 13 heteroatoms. The van der Waals surface area contributed by atoms with Crippen molar-refractivity contribution in [2.45, 2.75) is 208 Å². The first-order valence-electron chi connectivity index (χ1n) is 28.5. The van der Waals surface area contributed by atoms with E-state index in [1.54, 1.807) is 0 Å². The fourth-order valence-corrected chi connectivity index (χ4v) is 13.2. The van der Waals surface area contributed by atoms with Crippen LogP contribution in [0.5, 0.6) is 17.2 Å². The van der Waals surface area contributed by atoms with E-state index in [0.29, 0.717) is 17.8 Å². The molecule has 3 saturated carbocycles. The molecule has 0 bridgehead atoms. The number of ether oxygens (including phenoxy) is 4. The molecule has 7 atom stereocenters. The van der Waals surface area contributed by atoms with Gasteiger partial charge in [0.05, 0.1) is 18.7 Å². The lowest BCUT2D eigenvalue weighted by atomic mass is 9.47. The van der Waals surface area contributed by atoms with E-state index in [-0.39, 0.29) is 66.9 Å². The largest absolute Gasteiger partial charge is 0.492 e. The van der Waals surface area contributed by atoms with Crippen LogP contribution < -0.4 is 24.8 Å². The molecule has 0 aliphatic heterocycles. The molecule has 0 radical (unpaired) electrons. The summed E-state index contributed by atoms with van der Waals surface area (Å²) in [6.07, 6.45) is 32.2. The summed E-state index contributed by atoms with van der Waals surface area (Å²) in [4.78, 5) is 38.8. The molecular formula is C60H88F4N2O7. The molecule has 4 aliphatic rings. The zero-order chi connectivity index (χ0) is 52.4. The lowest BCUT2D eigenvalue weighted by Gasteiger charge is -2.58. The quantitative estimate of drug-likeness (QED) is 0.0200. The standard InChI is InChI=1S/C60H88F4N2O7/c1-6-7-8-9-10-11-12-13-14-15-16-17-18-23-53(67)65-32-34-70-46-36-42(57(68)73-56-54(63)51(61)40-52(62)55(56)64)37-47(39-46)71-35-33-66-58(69)72-45-28-30-60(5)44(38-45)24-26-48-49-27-25-43(22-20-19-21-41(2)3)59(49,4)31-29-50(48)60/h24,36-37,39-41,43,45,48-50H,6-23,25-35,38H2,1-5H3,(H,65,67)(H,66,69). The average molecular weight is 1030 g/mol. The van der Waals surface area contributed by atoms with Gasteiger partial charge in [0, 0.05) is 25.0 Å². The molecule has 408 valence electrons. The van der Waals surface area contributed by atoms with Crippen LogP contribution in [0.1, 0.15) is 212 Å². The first kappa shape index (κ1) is 58.0. The molecule has 73 heavy (non-hydrogen) atoms. The molecule has 2 amide bonds. The number of esters is 1. The van der Waals surface area contributed by atoms with Gasteiger partial charge in [-0.05, 0) is 110 Å². The third kappa shape index (κ3) is 16.4. The summed E-state index contributed by atoms with van der Waals surface area (Å²) in [5.74, 6) is -6.22. The van der Waals surface area contributed by atoms with Gasteiger partial charge in [-0.15, -0.1) is 0 Å². The molecular weight excluding hydrogens is 937 g/mol. The first-order valence-corrected chi connectivity index (χ1v) is 28.5. The van der Waals surface area contributed by atoms with Gasteiger partial charge >= 0.3 is 12.1 Å². The van der Waals surface area contributed by atoms with Crippen LogP contribution in [0.2, 0.25) is 0 Å². The number of benzene rings is 2. The van der Waals surface area contributed by atoms with E-state index >= 15 is 0 Å². The van der Waals surface area contributed by atoms with Crippen LogP contribution in [0.15, 0.2) is 35.9 Å². The molecule has 2 aromatic rings. The number of nitrogens with one attached hydrogen (secondary N) is 2. The maximum Gasteiger partial charge on any atom is 0.407 e. The number of carbonyl (C=O) groups is 3. The molecule has 0 heterocycles. The lowest BCUT2D eigenvalue weighted by Crippen LogP contribution is -2.50. The number of amides is 2. The summed E-state index contributed by atoms with van der Waals surface area (Å²) >= 11 is 0. The van der Waals surface area contributed by atoms with Crippen molar-refractivity contribution in [2.24, 2.45) is 40.4 Å². The van der Waals surface area contributed by atoms with E-state index in [1.807, 2.05) is 0 Å². The lowest BCUT2D eigenvalue weighted by molar-refractivity contribution is -0.121. The Morgan fingerprint density at radius 1 is 0.699 bits per heavy atom. The summed E-state index contributed by atoms with van der Waals surface area (Å²) in [6.45, 7) is 12.1. The summed E-state index contributed by atoms with van der Waals surface area (Å²) in [5.41, 5.74) is 1.71. The maximum atomic E-state index is 14.5. The van der Waals surface area contributed by atoms with Gasteiger partial charge in [0.2, 0.25) is 23.3 Å². The van der Waals surface area contributed by atoms with Crippen molar-refractivity contribution in [3.63, 3.8) is 0 Å². The monoisotopic (exact) mass is 1020 g/mol. The van der Waals surface area contributed by atoms with Gasteiger partial charge in [-0.2, -0.15) is 8.78 Å². The van der Waals surface area contributed by atoms with Crippen molar-refractivity contribution in [1.82, 2.24) is 10.6 Å². The number of rotatable bonds is 30. The Bertz CT molecular complexity index is 2110. The van der Waals surface area contributed by atoms with Crippen molar-refractivity contribution in [3.8, 4) is 17.2 Å². The smallest absolute Gasteiger partial charge is 0.407 e. The van der Waals surface area contributed by atoms with Gasteiger partial charge in [-0.25, -0.2) is 18.4 Å². The zero-order valence-corrected chi connectivity index (χ0v) is 44.9. The van der Waals surface area contributed by atoms with Crippen molar-refractivity contribution in [2.75, 3.05) is 26.3 Å². The summed E-state index contributed by atoms with van der Waals surface area (Å²) in [6, 6.07) is 3.91. The summed E-state index contributed by atoms with van der Waals surface area (Å²) in [7, 11) is 0. The number of carbonyl (C=O) groups excluding carboxylic acids is 3. The number of hydrogen-bond donors (Lipinski definition) is 2. The minimum absolute atomic E-state index is 0.00561. The molecule has 7 unspecified atom stereocenters. The zero-order valence-electron chi connectivity index (χ0n) is 44.9. The van der Waals surface area contributed by atoms with Crippen LogP contribution in [-0.4, -0.2) is 50.4 Å². The van der Waals surface area contributed by atoms with Crippen molar-refractivity contribution >= 4 is 18.0 Å². The maximum absolute atomic E-state index is 14.5. The summed E-state index contributed by atoms with van der Waals surface area (Å²) in [5, 5.41) is 5.60. The molecule has 2 aromatic carbocycles. The minimum atomic E-state index is -1.87. The van der Waals surface area contributed by atoms with Crippen molar-refractivity contribution in [3.05, 3.63) is 64.7 Å². The third-order valence-corrected chi connectivity index (χ3v) is 17.3. The first-order chi connectivity index (χ1) is 35.1. The van der Waals surface area contributed by atoms with E-state index in [2.05, 4.69) is 51.3 Å². The second-order valence-corrected chi connectivity index (χ2v) is 22.9. The minimum Gasteiger partial charge on any atom is -0.492 e. The van der Waals surface area contributed by atoms with Crippen LogP contribution in [0.4, 0.5) is 22.4 Å². The van der Waals surface area contributed by atoms with E-state index in [1.165, 1.54) is 139 Å². The Morgan fingerprint density at radius 3 is 1.95 bits per heavy atom. The molecule has 0 spiro atoms. The average Bonchev–Trinajstić information content (AvgIpc) is 3.70. The molecule has 9 nitrogen and oxygen atoms in total. The van der Waals surface area contributed by atoms with Crippen molar-refractivity contribution in [1.29, 1.82) is 0 Å². The van der Waals surface area contributed by atoms with Gasteiger partial charge in [0.15, 0.2) is 11.6 Å². The second kappa shape index (κ2) is 28.6. The highest BCUT2D eigenvalue weighted by Crippen LogP contribution is 2.67. The third-order valence-electron chi connectivity index (χ3n) is 17.3. The van der Waals surface area contributed by atoms with Gasteiger partial charge in [-0.3, -0.25) is 4.79 Å². The van der Waals surface area contributed by atoms with E-state index < -0.39 is 41.1 Å². The highest BCUT2D eigenvalue weighted by Gasteiger charge is 2.58. The SMILES string of the molecule is CCCCCCCCCCCCCCCC(=O)NCCOc1cc(OCCNC(=O)OC2CCC3(C)C(=CCC4C3CCC3(C)C(CCCCC(C)C)CCC43)C2)cc(C(=O)Oc2c(F)c(F)cc(F)c2F)c1. The van der Waals surface area contributed by atoms with Crippen LogP contribution in [-0.2, 0) is 9.53 Å². The summed E-state index contributed by atoms with van der Waals surface area (Å²) < 4.78 is 79.3. The Hall–Kier alpha value is -4.29. The van der Waals surface area contributed by atoms with Crippen LogP contribution in [0.25, 0.3) is 0 Å². The van der Waals surface area contributed by atoms with E-state index in [9.17, 15) is 31.9 Å². The fraction of sp³-hybridized carbons (Fsp3) is 0.717.